The zero-order valence-corrected chi connectivity index (χ0v) is 29.8. The van der Waals surface area contributed by atoms with Gasteiger partial charge in [0.2, 0.25) is 11.8 Å². The number of hydrogen-bond acceptors (Lipinski definition) is 8. The summed E-state index contributed by atoms with van der Waals surface area (Å²) in [5.74, 6) is 1.89. The summed E-state index contributed by atoms with van der Waals surface area (Å²) in [4.78, 5) is 35.7. The molecular formula is C36H64N4O6. The molecule has 6 fully saturated rings. The summed E-state index contributed by atoms with van der Waals surface area (Å²) in [7, 11) is 5.96. The average Bonchev–Trinajstić information content (AvgIpc) is 3.40. The number of hydrogen-bond donors (Lipinski definition) is 4. The molecule has 0 spiro atoms. The lowest BCUT2D eigenvalue weighted by Gasteiger charge is -2.62. The molecule has 1 aliphatic heterocycles. The number of nitrogens with one attached hydrogen (secondary N) is 2. The molecule has 10 heteroatoms. The fraction of sp³-hybridized carbons (Fsp3) is 0.944. The molecule has 1 heterocycles. The lowest BCUT2D eigenvalue weighted by Crippen LogP contribution is -2.62. The minimum atomic E-state index is -0.817. The van der Waals surface area contributed by atoms with Gasteiger partial charge in [-0.2, -0.15) is 5.06 Å². The highest BCUT2D eigenvalue weighted by Gasteiger charge is 2.58. The Morgan fingerprint density at radius 1 is 1.11 bits per heavy atom. The molecule has 5 aliphatic carbocycles. The summed E-state index contributed by atoms with van der Waals surface area (Å²) in [6.07, 6.45) is 6.59. The van der Waals surface area contributed by atoms with Crippen LogP contribution >= 0.6 is 0 Å². The quantitative estimate of drug-likeness (QED) is 0.270. The summed E-state index contributed by atoms with van der Waals surface area (Å²) in [5, 5.41) is 29.3. The van der Waals surface area contributed by atoms with E-state index in [1.165, 1.54) is 6.42 Å². The number of rotatable bonds is 11. The van der Waals surface area contributed by atoms with E-state index in [0.29, 0.717) is 54.2 Å². The van der Waals surface area contributed by atoms with E-state index in [1.807, 2.05) is 6.92 Å². The molecule has 2 bridgehead atoms. The number of aliphatic hydroxyl groups excluding tert-OH is 2. The van der Waals surface area contributed by atoms with Crippen LogP contribution in [-0.4, -0.2) is 109 Å². The van der Waals surface area contributed by atoms with E-state index in [2.05, 4.69) is 50.4 Å². The molecule has 10 nitrogen and oxygen atoms in total. The summed E-state index contributed by atoms with van der Waals surface area (Å²) < 4.78 is 6.59. The van der Waals surface area contributed by atoms with Gasteiger partial charge in [-0.1, -0.05) is 27.2 Å². The first kappa shape index (κ1) is 36.0. The molecule has 6 unspecified atom stereocenters. The molecule has 6 rings (SSSR count). The summed E-state index contributed by atoms with van der Waals surface area (Å²) in [5.41, 5.74) is 0.324. The second-order valence-corrected chi connectivity index (χ2v) is 16.4. The van der Waals surface area contributed by atoms with Crippen molar-refractivity contribution in [1.29, 1.82) is 0 Å². The second kappa shape index (κ2) is 14.7. The van der Waals surface area contributed by atoms with Crippen LogP contribution in [0.25, 0.3) is 0 Å². The van der Waals surface area contributed by atoms with E-state index >= 15 is 0 Å². The van der Waals surface area contributed by atoms with E-state index < -0.39 is 24.2 Å². The normalized spacial score (nSPS) is 43.2. The number of hydroxylamine groups is 2. The Bertz CT molecular complexity index is 1060. The Balaban J connectivity index is 1.35. The molecule has 0 aromatic carbocycles. The Hall–Kier alpha value is -1.30. The third-order valence-corrected chi connectivity index (χ3v) is 13.5. The SMILES string of the molecule is CCOC1C(CN2O[C@@H](CO)[C@H]([C@H](C)O)[C@H]2C(=O)N[C@H]2C[C@H]3C[C@@H]([C@@H]2C)C3(C)C)CCCC1C1CC(C(=O)NC)CC(N(C)C)C1. The topological polar surface area (TPSA) is 124 Å². The molecule has 0 aromatic rings. The molecule has 264 valence electrons. The van der Waals surface area contributed by atoms with Crippen molar-refractivity contribution >= 4 is 11.8 Å². The van der Waals surface area contributed by atoms with Crippen LogP contribution in [-0.2, 0) is 19.2 Å². The van der Waals surface area contributed by atoms with Crippen LogP contribution in [0.5, 0.6) is 0 Å². The fourth-order valence-electron chi connectivity index (χ4n) is 10.7. The van der Waals surface area contributed by atoms with Crippen molar-refractivity contribution in [3.05, 3.63) is 0 Å². The minimum Gasteiger partial charge on any atom is -0.394 e. The van der Waals surface area contributed by atoms with E-state index in [-0.39, 0.29) is 42.4 Å². The summed E-state index contributed by atoms with van der Waals surface area (Å²) in [6.45, 7) is 11.6. The zero-order valence-electron chi connectivity index (χ0n) is 29.8. The molecule has 2 amide bonds. The fourth-order valence-corrected chi connectivity index (χ4v) is 10.7. The lowest BCUT2D eigenvalue weighted by molar-refractivity contribution is -0.194. The van der Waals surface area contributed by atoms with Crippen molar-refractivity contribution in [2.45, 2.75) is 122 Å². The molecule has 46 heavy (non-hydrogen) atoms. The third kappa shape index (κ3) is 6.90. The average molecular weight is 649 g/mol. The van der Waals surface area contributed by atoms with Gasteiger partial charge in [-0.25, -0.2) is 0 Å². The Labute approximate surface area is 277 Å². The van der Waals surface area contributed by atoms with Gasteiger partial charge < -0.3 is 30.5 Å². The van der Waals surface area contributed by atoms with Gasteiger partial charge in [0, 0.05) is 50.0 Å². The first-order chi connectivity index (χ1) is 21.8. The van der Waals surface area contributed by atoms with Crippen LogP contribution in [0.1, 0.15) is 86.0 Å². The molecule has 0 radical (unpaired) electrons. The van der Waals surface area contributed by atoms with Crippen LogP contribution in [0, 0.1) is 52.8 Å². The predicted molar refractivity (Wildman–Crippen MR) is 177 cm³/mol. The molecule has 0 aromatic heterocycles. The molecule has 14 atom stereocenters. The Morgan fingerprint density at radius 3 is 2.43 bits per heavy atom. The maximum atomic E-state index is 14.2. The van der Waals surface area contributed by atoms with Gasteiger partial charge in [-0.05, 0) is 108 Å². The van der Waals surface area contributed by atoms with E-state index in [0.717, 1.165) is 44.9 Å². The van der Waals surface area contributed by atoms with Crippen molar-refractivity contribution in [3.63, 3.8) is 0 Å². The summed E-state index contributed by atoms with van der Waals surface area (Å²) in [6, 6.07) is -0.244. The first-order valence-corrected chi connectivity index (χ1v) is 18.3. The van der Waals surface area contributed by atoms with Crippen LogP contribution in [0.2, 0.25) is 0 Å². The predicted octanol–water partition coefficient (Wildman–Crippen LogP) is 3.06. The Morgan fingerprint density at radius 2 is 1.85 bits per heavy atom. The van der Waals surface area contributed by atoms with Gasteiger partial charge in [0.25, 0.3) is 0 Å². The monoisotopic (exact) mass is 648 g/mol. The number of nitrogens with zero attached hydrogens (tertiary/aromatic N) is 2. The van der Waals surface area contributed by atoms with Crippen molar-refractivity contribution in [2.24, 2.45) is 52.8 Å². The van der Waals surface area contributed by atoms with Gasteiger partial charge in [-0.15, -0.1) is 0 Å². The first-order valence-electron chi connectivity index (χ1n) is 18.3. The van der Waals surface area contributed by atoms with Crippen molar-refractivity contribution in [2.75, 3.05) is 40.9 Å². The number of carbonyl (C=O) groups excluding carboxylic acids is 2. The minimum absolute atomic E-state index is 0.00954. The van der Waals surface area contributed by atoms with Crippen molar-refractivity contribution in [3.8, 4) is 0 Å². The highest BCUT2D eigenvalue weighted by Crippen LogP contribution is 2.61. The number of fused-ring (bicyclic) bond motifs is 2. The lowest BCUT2D eigenvalue weighted by atomic mass is 9.45. The maximum Gasteiger partial charge on any atom is 0.240 e. The van der Waals surface area contributed by atoms with Gasteiger partial charge >= 0.3 is 0 Å². The molecule has 4 N–H and O–H groups in total. The zero-order chi connectivity index (χ0) is 33.5. The third-order valence-electron chi connectivity index (χ3n) is 13.5. The second-order valence-electron chi connectivity index (χ2n) is 16.4. The van der Waals surface area contributed by atoms with Gasteiger partial charge in [0.05, 0.1) is 18.8 Å². The number of aliphatic hydroxyl groups is 2. The highest BCUT2D eigenvalue weighted by molar-refractivity contribution is 5.83. The molecule has 6 aliphatic rings. The smallest absolute Gasteiger partial charge is 0.240 e. The van der Waals surface area contributed by atoms with Crippen LogP contribution in [0.3, 0.4) is 0 Å². The van der Waals surface area contributed by atoms with E-state index in [9.17, 15) is 19.8 Å². The Kier molecular flexibility index (Phi) is 11.5. The molecule has 1 saturated heterocycles. The number of amides is 2. The van der Waals surface area contributed by atoms with E-state index in [1.54, 1.807) is 19.0 Å². The van der Waals surface area contributed by atoms with Crippen LogP contribution in [0.15, 0.2) is 0 Å². The van der Waals surface area contributed by atoms with Gasteiger partial charge in [0.1, 0.15) is 12.1 Å². The van der Waals surface area contributed by atoms with E-state index in [4.69, 9.17) is 9.57 Å². The highest BCUT2D eigenvalue weighted by atomic mass is 16.7. The van der Waals surface area contributed by atoms with Crippen molar-refractivity contribution < 1.29 is 29.4 Å². The number of carbonyl (C=O) groups is 2. The molecular weight excluding hydrogens is 584 g/mol. The standard InChI is InChI=1S/C36H64N4O6/c1-9-45-33-22(11-10-12-27(33)23-13-24(34(43)37-6)15-26(14-23)39(7)8)18-40-32(31(21(3)42)30(19-41)46-40)35(44)38-29-17-25-16-28(20(29)2)36(25,4)5/h20-33,41-42H,9-19H2,1-8H3,(H,37,43)(H,38,44)/t20-,21-,22?,23?,24?,25+,26?,27?,28-,29-,30-,31-,32-,33?/m0/s1. The van der Waals surface area contributed by atoms with Crippen molar-refractivity contribution in [1.82, 2.24) is 20.6 Å². The van der Waals surface area contributed by atoms with Crippen LogP contribution < -0.4 is 10.6 Å². The van der Waals surface area contributed by atoms with Gasteiger partial charge in [0.15, 0.2) is 0 Å². The largest absolute Gasteiger partial charge is 0.394 e. The number of ether oxygens (including phenoxy) is 1. The summed E-state index contributed by atoms with van der Waals surface area (Å²) >= 11 is 0. The van der Waals surface area contributed by atoms with Crippen LogP contribution in [0.4, 0.5) is 0 Å². The maximum absolute atomic E-state index is 14.2. The van der Waals surface area contributed by atoms with Gasteiger partial charge in [-0.3, -0.25) is 14.4 Å². The molecule has 5 saturated carbocycles.